The predicted octanol–water partition coefficient (Wildman–Crippen LogP) is 11.7. The molecule has 0 unspecified atom stereocenters. The normalized spacial score (nSPS) is 13.4. The van der Waals surface area contributed by atoms with Gasteiger partial charge in [-0.15, -0.1) is 0 Å². The second-order valence-electron chi connectivity index (χ2n) is 15.8. The van der Waals surface area contributed by atoms with Crippen LogP contribution in [0.1, 0.15) is 31.9 Å². The van der Waals surface area contributed by atoms with E-state index >= 15 is 0 Å². The summed E-state index contributed by atoms with van der Waals surface area (Å²) in [5.74, 6) is 0. The Bertz CT molecular complexity index is 2950. The number of anilines is 6. The fourth-order valence-electron chi connectivity index (χ4n) is 9.00. The molecule has 4 nitrogen and oxygen atoms in total. The zero-order valence-corrected chi connectivity index (χ0v) is 30.7. The summed E-state index contributed by atoms with van der Waals surface area (Å²) in [6.45, 7) is 8.91. The van der Waals surface area contributed by atoms with Crippen LogP contribution >= 0.6 is 0 Å². The largest absolute Gasteiger partial charge is 0.468 e. The monoisotopic (exact) mass is 696 g/mol. The van der Waals surface area contributed by atoms with Crippen molar-refractivity contribution in [3.63, 3.8) is 0 Å². The minimum absolute atomic E-state index is 0.0454. The van der Waals surface area contributed by atoms with Crippen molar-refractivity contribution in [2.75, 3.05) is 9.80 Å². The molecule has 258 valence electrons. The van der Waals surface area contributed by atoms with Crippen LogP contribution in [0.2, 0.25) is 0 Å². The Morgan fingerprint density at radius 3 is 1.96 bits per heavy atom. The first-order valence-electron chi connectivity index (χ1n) is 18.8. The van der Waals surface area contributed by atoms with Gasteiger partial charge in [-0.3, -0.25) is 0 Å². The van der Waals surface area contributed by atoms with Gasteiger partial charge in [0.05, 0.1) is 17.0 Å². The lowest BCUT2D eigenvalue weighted by Gasteiger charge is -2.42. The molecule has 9 aromatic rings. The zero-order chi connectivity index (χ0) is 36.3. The number of para-hydroxylation sites is 3. The Hall–Kier alpha value is -6.46. The lowest BCUT2D eigenvalue weighted by Crippen LogP contribution is -2.61. The molecular weight excluding hydrogens is 659 g/mol. The number of hydrogen-bond acceptors (Lipinski definition) is 4. The van der Waals surface area contributed by atoms with Crippen LogP contribution in [0.15, 0.2) is 160 Å². The molecule has 5 heteroatoms. The van der Waals surface area contributed by atoms with Crippen molar-refractivity contribution in [3.05, 3.63) is 163 Å². The summed E-state index contributed by atoms with van der Waals surface area (Å²) in [6.07, 6.45) is 0. The minimum Gasteiger partial charge on any atom is -0.468 e. The molecule has 0 bridgehead atoms. The Morgan fingerprint density at radius 1 is 0.556 bits per heavy atom. The minimum atomic E-state index is -0.106. The average molecular weight is 697 g/mol. The van der Waals surface area contributed by atoms with Gasteiger partial charge in [0.15, 0.2) is 5.58 Å². The van der Waals surface area contributed by atoms with Gasteiger partial charge in [0.25, 0.3) is 6.71 Å². The molecule has 0 N–H and O–H groups in total. The molecule has 2 aromatic heterocycles. The van der Waals surface area contributed by atoms with E-state index in [1.165, 1.54) is 27.7 Å². The number of furan rings is 2. The molecule has 11 rings (SSSR count). The van der Waals surface area contributed by atoms with Crippen molar-refractivity contribution in [1.29, 1.82) is 0 Å². The molecular formula is C49H37BN2O2. The van der Waals surface area contributed by atoms with Gasteiger partial charge in [-0.1, -0.05) is 118 Å². The summed E-state index contributed by atoms with van der Waals surface area (Å²) in [7, 11) is 0. The number of fused-ring (bicyclic) bond motifs is 9. The Morgan fingerprint density at radius 2 is 1.20 bits per heavy atom. The molecule has 0 aliphatic carbocycles. The fraction of sp³-hybridized carbons (Fsp3) is 0.102. The molecule has 2 aliphatic heterocycles. The third-order valence-electron chi connectivity index (χ3n) is 11.4. The fourth-order valence-corrected chi connectivity index (χ4v) is 9.00. The SMILES string of the molecule is Cc1cc2c3c(c1)N(c1ccc(-c4ccccc4)c4c1oc1ccccc14)c1ccccc1B3c1oc3ccccc3c1N2c1ccc(C(C)(C)C)cc1. The van der Waals surface area contributed by atoms with Gasteiger partial charge in [-0.2, -0.15) is 0 Å². The highest BCUT2D eigenvalue weighted by Crippen LogP contribution is 2.50. The topological polar surface area (TPSA) is 32.8 Å². The Balaban J connectivity index is 1.23. The molecule has 0 atom stereocenters. The van der Waals surface area contributed by atoms with Crippen LogP contribution < -0.4 is 26.4 Å². The maximum atomic E-state index is 6.99. The third-order valence-corrected chi connectivity index (χ3v) is 11.4. The van der Waals surface area contributed by atoms with E-state index in [1.54, 1.807) is 0 Å². The van der Waals surface area contributed by atoms with Crippen LogP contribution in [0.5, 0.6) is 0 Å². The van der Waals surface area contributed by atoms with Crippen LogP contribution in [0.3, 0.4) is 0 Å². The molecule has 0 saturated heterocycles. The van der Waals surface area contributed by atoms with Gasteiger partial charge in [-0.25, -0.2) is 0 Å². The molecule has 4 heterocycles. The zero-order valence-electron chi connectivity index (χ0n) is 30.7. The highest BCUT2D eigenvalue weighted by molar-refractivity contribution is 7.00. The molecule has 0 spiro atoms. The van der Waals surface area contributed by atoms with Gasteiger partial charge >= 0.3 is 0 Å². The first kappa shape index (κ1) is 31.1. The van der Waals surface area contributed by atoms with Crippen molar-refractivity contribution in [2.45, 2.75) is 33.1 Å². The molecule has 0 saturated carbocycles. The summed E-state index contributed by atoms with van der Waals surface area (Å²) in [6, 6.07) is 54.7. The summed E-state index contributed by atoms with van der Waals surface area (Å²) in [5, 5.41) is 3.34. The van der Waals surface area contributed by atoms with Crippen molar-refractivity contribution in [1.82, 2.24) is 0 Å². The lowest BCUT2D eigenvalue weighted by molar-refractivity contribution is 0.590. The van der Waals surface area contributed by atoms with E-state index in [0.29, 0.717) is 0 Å². The Kier molecular flexibility index (Phi) is 6.49. The maximum Gasteiger partial charge on any atom is 0.297 e. The van der Waals surface area contributed by atoms with E-state index in [9.17, 15) is 0 Å². The third kappa shape index (κ3) is 4.39. The summed E-state index contributed by atoms with van der Waals surface area (Å²) in [4.78, 5) is 4.88. The first-order valence-corrected chi connectivity index (χ1v) is 18.8. The average Bonchev–Trinajstić information content (AvgIpc) is 3.77. The molecule has 0 radical (unpaired) electrons. The number of benzene rings is 7. The lowest BCUT2D eigenvalue weighted by atomic mass is 9.35. The van der Waals surface area contributed by atoms with Gasteiger partial charge < -0.3 is 18.6 Å². The van der Waals surface area contributed by atoms with Crippen molar-refractivity contribution < 1.29 is 8.83 Å². The van der Waals surface area contributed by atoms with E-state index in [0.717, 1.165) is 78.1 Å². The van der Waals surface area contributed by atoms with Crippen LogP contribution in [0, 0.1) is 6.92 Å². The van der Waals surface area contributed by atoms with Gasteiger partial charge in [0, 0.05) is 38.9 Å². The van der Waals surface area contributed by atoms with Crippen LogP contribution in [-0.4, -0.2) is 6.71 Å². The predicted molar refractivity (Wildman–Crippen MR) is 226 cm³/mol. The summed E-state index contributed by atoms with van der Waals surface area (Å²) in [5.41, 5.74) is 17.5. The summed E-state index contributed by atoms with van der Waals surface area (Å²) >= 11 is 0. The molecule has 54 heavy (non-hydrogen) atoms. The van der Waals surface area contributed by atoms with Crippen LogP contribution in [0.25, 0.3) is 44.0 Å². The summed E-state index contributed by atoms with van der Waals surface area (Å²) < 4.78 is 13.9. The molecule has 0 amide bonds. The first-order chi connectivity index (χ1) is 26.3. The highest BCUT2D eigenvalue weighted by atomic mass is 16.3. The van der Waals surface area contributed by atoms with Crippen molar-refractivity contribution >= 4 is 90.3 Å². The van der Waals surface area contributed by atoms with Gasteiger partial charge in [-0.05, 0) is 100 Å². The number of rotatable bonds is 3. The van der Waals surface area contributed by atoms with Gasteiger partial charge in [0.1, 0.15) is 11.2 Å². The van der Waals surface area contributed by atoms with Crippen molar-refractivity contribution in [2.24, 2.45) is 0 Å². The van der Waals surface area contributed by atoms with Crippen LogP contribution in [-0.2, 0) is 5.41 Å². The number of aryl methyl sites for hydroxylation is 1. The quantitative estimate of drug-likeness (QED) is 0.172. The second-order valence-corrected chi connectivity index (χ2v) is 15.8. The Labute approximate surface area is 315 Å². The van der Waals surface area contributed by atoms with E-state index < -0.39 is 0 Å². The van der Waals surface area contributed by atoms with E-state index in [2.05, 4.69) is 189 Å². The van der Waals surface area contributed by atoms with E-state index in [1.807, 2.05) is 0 Å². The van der Waals surface area contributed by atoms with E-state index in [-0.39, 0.29) is 12.1 Å². The molecule has 7 aromatic carbocycles. The maximum absolute atomic E-state index is 6.99. The molecule has 2 aliphatic rings. The second kappa shape index (κ2) is 11.3. The van der Waals surface area contributed by atoms with Crippen molar-refractivity contribution in [3.8, 4) is 11.1 Å². The van der Waals surface area contributed by atoms with E-state index in [4.69, 9.17) is 8.83 Å². The number of nitrogens with zero attached hydrogens (tertiary/aromatic N) is 2. The number of hydrogen-bond donors (Lipinski definition) is 0. The smallest absolute Gasteiger partial charge is 0.297 e. The molecule has 0 fully saturated rings. The standard InChI is InChI=1S/C49H37BN2O2/c1-30-28-40-45-41(29-30)52(39-27-26-34(31-14-6-5-7-15-31)44-35-16-8-12-20-42(35)53-47(39)44)38-19-11-10-18-37(38)50(45)48-46(36-17-9-13-21-43(36)54-48)51(40)33-24-22-32(23-25-33)49(2,3)4/h5-29H,1-4H3. The van der Waals surface area contributed by atoms with Gasteiger partial charge in [0.2, 0.25) is 0 Å². The van der Waals surface area contributed by atoms with Crippen LogP contribution in [0.4, 0.5) is 34.1 Å². The highest BCUT2D eigenvalue weighted by Gasteiger charge is 2.47.